The summed E-state index contributed by atoms with van der Waals surface area (Å²) in [6.07, 6.45) is 2.07. The molecule has 0 spiro atoms. The monoisotopic (exact) mass is 313 g/mol. The zero-order chi connectivity index (χ0) is 12.7. The van der Waals surface area contributed by atoms with Crippen LogP contribution in [-0.2, 0) is 4.79 Å². The highest BCUT2D eigenvalue weighted by atomic mass is 79.9. The smallest absolute Gasteiger partial charge is 0.232 e. The fourth-order valence-corrected chi connectivity index (χ4v) is 2.05. The second-order valence-corrected chi connectivity index (χ2v) is 5.24. The first-order valence-electron chi connectivity index (χ1n) is 4.98. The van der Waals surface area contributed by atoms with Gasteiger partial charge in [-0.05, 0) is 28.1 Å². The molecule has 1 aromatic rings. The minimum Gasteiger partial charge on any atom is -0.344 e. The van der Waals surface area contributed by atoms with Gasteiger partial charge < -0.3 is 4.90 Å². The average molecular weight is 314 g/mol. The van der Waals surface area contributed by atoms with E-state index in [4.69, 9.17) is 5.26 Å². The summed E-state index contributed by atoms with van der Waals surface area (Å²) in [7, 11) is 1.70. The SMILES string of the molecule is CN(CCC#N)C(=O)CSc1ccc(Br)cn1. The van der Waals surface area contributed by atoms with E-state index in [0.29, 0.717) is 18.7 Å². The van der Waals surface area contributed by atoms with Gasteiger partial charge in [0.1, 0.15) is 0 Å². The van der Waals surface area contributed by atoms with Crippen molar-refractivity contribution in [1.82, 2.24) is 9.88 Å². The van der Waals surface area contributed by atoms with Crippen molar-refractivity contribution in [2.24, 2.45) is 0 Å². The number of aromatic nitrogens is 1. The first kappa shape index (κ1) is 14.0. The molecular formula is C11H12BrN3OS. The predicted molar refractivity (Wildman–Crippen MR) is 70.5 cm³/mol. The molecule has 0 N–H and O–H groups in total. The number of nitriles is 1. The summed E-state index contributed by atoms with van der Waals surface area (Å²) in [6.45, 7) is 0.476. The predicted octanol–water partition coefficient (Wildman–Crippen LogP) is 2.31. The van der Waals surface area contributed by atoms with Crippen LogP contribution >= 0.6 is 27.7 Å². The third-order valence-electron chi connectivity index (χ3n) is 2.03. The van der Waals surface area contributed by atoms with Crippen molar-refractivity contribution in [3.63, 3.8) is 0 Å². The molecule has 1 heterocycles. The van der Waals surface area contributed by atoms with E-state index in [2.05, 4.69) is 20.9 Å². The van der Waals surface area contributed by atoms with Crippen LogP contribution in [0.3, 0.4) is 0 Å². The third-order valence-corrected chi connectivity index (χ3v) is 3.43. The van der Waals surface area contributed by atoms with Crippen LogP contribution < -0.4 is 0 Å². The second kappa shape index (κ2) is 7.30. The first-order valence-corrected chi connectivity index (χ1v) is 6.76. The van der Waals surface area contributed by atoms with E-state index < -0.39 is 0 Å². The number of halogens is 1. The number of hydrogen-bond acceptors (Lipinski definition) is 4. The Morgan fingerprint density at radius 2 is 2.41 bits per heavy atom. The van der Waals surface area contributed by atoms with Crippen LogP contribution in [0.25, 0.3) is 0 Å². The molecule has 90 valence electrons. The molecule has 0 aliphatic heterocycles. The minimum atomic E-state index is 0.00923. The minimum absolute atomic E-state index is 0.00923. The van der Waals surface area contributed by atoms with Gasteiger partial charge >= 0.3 is 0 Å². The van der Waals surface area contributed by atoms with Gasteiger partial charge in [0.15, 0.2) is 0 Å². The molecule has 17 heavy (non-hydrogen) atoms. The van der Waals surface area contributed by atoms with Gasteiger partial charge in [0.05, 0.1) is 23.3 Å². The molecule has 0 aromatic carbocycles. The molecule has 0 aliphatic carbocycles. The highest BCUT2D eigenvalue weighted by Crippen LogP contribution is 2.17. The van der Waals surface area contributed by atoms with Crippen LogP contribution in [0.4, 0.5) is 0 Å². The Kier molecular flexibility index (Phi) is 6.01. The topological polar surface area (TPSA) is 57.0 Å². The van der Waals surface area contributed by atoms with Gasteiger partial charge in [-0.15, -0.1) is 0 Å². The van der Waals surface area contributed by atoms with Crippen molar-refractivity contribution in [2.75, 3.05) is 19.3 Å². The number of rotatable bonds is 5. The quantitative estimate of drug-likeness (QED) is 0.783. The van der Waals surface area contributed by atoms with Crippen LogP contribution in [0.15, 0.2) is 27.8 Å². The molecule has 1 rings (SSSR count). The van der Waals surface area contributed by atoms with Gasteiger partial charge in [-0.2, -0.15) is 5.26 Å². The second-order valence-electron chi connectivity index (χ2n) is 3.33. The molecular weight excluding hydrogens is 302 g/mol. The normalized spacial score (nSPS) is 9.71. The lowest BCUT2D eigenvalue weighted by atomic mass is 10.4. The van der Waals surface area contributed by atoms with Gasteiger partial charge in [0, 0.05) is 24.3 Å². The standard InChI is InChI=1S/C11H12BrN3OS/c1-15(6-2-5-13)11(16)8-17-10-4-3-9(12)7-14-10/h3-4,7H,2,6,8H2,1H3. The van der Waals surface area contributed by atoms with Crippen molar-refractivity contribution < 1.29 is 4.79 Å². The summed E-state index contributed by atoms with van der Waals surface area (Å²) in [5.74, 6) is 0.353. The Labute approximate surface area is 113 Å². The number of carbonyl (C=O) groups is 1. The summed E-state index contributed by atoms with van der Waals surface area (Å²) < 4.78 is 0.916. The summed E-state index contributed by atoms with van der Waals surface area (Å²) >= 11 is 4.69. The molecule has 0 saturated heterocycles. The van der Waals surface area contributed by atoms with E-state index in [1.807, 2.05) is 18.2 Å². The molecule has 4 nitrogen and oxygen atoms in total. The molecule has 0 radical (unpaired) electrons. The number of thioether (sulfide) groups is 1. The average Bonchev–Trinajstić information content (AvgIpc) is 2.34. The molecule has 0 fully saturated rings. The third kappa shape index (κ3) is 5.20. The molecule has 0 bridgehead atoms. The van der Waals surface area contributed by atoms with Crippen molar-refractivity contribution >= 4 is 33.6 Å². The van der Waals surface area contributed by atoms with Crippen LogP contribution in [0.1, 0.15) is 6.42 Å². The zero-order valence-corrected chi connectivity index (χ0v) is 11.8. The van der Waals surface area contributed by atoms with Crippen LogP contribution in [0.2, 0.25) is 0 Å². The fraction of sp³-hybridized carbons (Fsp3) is 0.364. The Morgan fingerprint density at radius 3 is 3.00 bits per heavy atom. The molecule has 6 heteroatoms. The van der Waals surface area contributed by atoms with E-state index in [1.54, 1.807) is 18.1 Å². The maximum atomic E-state index is 11.6. The lowest BCUT2D eigenvalue weighted by Gasteiger charge is -2.14. The van der Waals surface area contributed by atoms with E-state index in [1.165, 1.54) is 11.8 Å². The summed E-state index contributed by atoms with van der Waals surface area (Å²) in [6, 6.07) is 5.76. The molecule has 1 amide bonds. The molecule has 0 aliphatic rings. The van der Waals surface area contributed by atoms with Gasteiger partial charge in [-0.1, -0.05) is 11.8 Å². The zero-order valence-electron chi connectivity index (χ0n) is 9.39. The Bertz CT molecular complexity index is 416. The van der Waals surface area contributed by atoms with Crippen molar-refractivity contribution in [3.05, 3.63) is 22.8 Å². The largest absolute Gasteiger partial charge is 0.344 e. The first-order chi connectivity index (χ1) is 8.13. The summed E-state index contributed by atoms with van der Waals surface area (Å²) in [4.78, 5) is 17.4. The Balaban J connectivity index is 2.37. The number of nitrogens with zero attached hydrogens (tertiary/aromatic N) is 3. The van der Waals surface area contributed by atoms with Crippen molar-refractivity contribution in [2.45, 2.75) is 11.4 Å². The van der Waals surface area contributed by atoms with Gasteiger partial charge in [0.2, 0.25) is 5.91 Å². The van der Waals surface area contributed by atoms with Gasteiger partial charge in [-0.25, -0.2) is 4.98 Å². The van der Waals surface area contributed by atoms with Crippen molar-refractivity contribution in [3.8, 4) is 6.07 Å². The molecule has 1 aromatic heterocycles. The number of amides is 1. The lowest BCUT2D eigenvalue weighted by molar-refractivity contribution is -0.127. The maximum Gasteiger partial charge on any atom is 0.232 e. The number of carbonyl (C=O) groups excluding carboxylic acids is 1. The molecule has 0 atom stereocenters. The van der Waals surface area contributed by atoms with Gasteiger partial charge in [0.25, 0.3) is 0 Å². The van der Waals surface area contributed by atoms with Gasteiger partial charge in [-0.3, -0.25) is 4.79 Å². The highest BCUT2D eigenvalue weighted by Gasteiger charge is 2.09. The Hall–Kier alpha value is -1.06. The fourth-order valence-electron chi connectivity index (χ4n) is 1.04. The van der Waals surface area contributed by atoms with E-state index in [-0.39, 0.29) is 5.91 Å². The summed E-state index contributed by atoms with van der Waals surface area (Å²) in [5.41, 5.74) is 0. The Morgan fingerprint density at radius 1 is 1.65 bits per heavy atom. The van der Waals surface area contributed by atoms with E-state index >= 15 is 0 Å². The van der Waals surface area contributed by atoms with Crippen LogP contribution in [-0.4, -0.2) is 35.1 Å². The van der Waals surface area contributed by atoms with Crippen LogP contribution in [0, 0.1) is 11.3 Å². The van der Waals surface area contributed by atoms with E-state index in [0.717, 1.165) is 9.50 Å². The van der Waals surface area contributed by atoms with Crippen molar-refractivity contribution in [1.29, 1.82) is 5.26 Å². The van der Waals surface area contributed by atoms with E-state index in [9.17, 15) is 4.79 Å². The maximum absolute atomic E-state index is 11.6. The molecule has 0 unspecified atom stereocenters. The number of pyridine rings is 1. The summed E-state index contributed by atoms with van der Waals surface area (Å²) in [5, 5.41) is 9.24. The molecule has 0 saturated carbocycles. The number of hydrogen-bond donors (Lipinski definition) is 0. The lowest BCUT2D eigenvalue weighted by Crippen LogP contribution is -2.29. The van der Waals surface area contributed by atoms with Crippen LogP contribution in [0.5, 0.6) is 0 Å². The highest BCUT2D eigenvalue weighted by molar-refractivity contribution is 9.10.